The maximum Gasteiger partial charge on any atom is 0.237 e. The Morgan fingerprint density at radius 1 is 1.17 bits per heavy atom. The molecule has 2 amide bonds. The van der Waals surface area contributed by atoms with E-state index in [-0.39, 0.29) is 35.2 Å². The number of hydrogen-bond acceptors (Lipinski definition) is 6. The largest absolute Gasteiger partial charge is 0.392 e. The van der Waals surface area contributed by atoms with Gasteiger partial charge in [0.25, 0.3) is 0 Å². The number of aryl methyl sites for hydroxylation is 1. The number of nitrogens with one attached hydrogen (secondary N) is 2. The van der Waals surface area contributed by atoms with Crippen LogP contribution >= 0.6 is 11.3 Å². The fourth-order valence-electron chi connectivity index (χ4n) is 4.36. The first-order valence-corrected chi connectivity index (χ1v) is 13.3. The molecule has 1 aromatic carbocycles. The van der Waals surface area contributed by atoms with Gasteiger partial charge < -0.3 is 15.7 Å². The van der Waals surface area contributed by atoms with Gasteiger partial charge in [-0.15, -0.1) is 11.3 Å². The summed E-state index contributed by atoms with van der Waals surface area (Å²) in [6, 6.07) is 7.46. The Labute approximate surface area is 213 Å². The second-order valence-electron chi connectivity index (χ2n) is 11.1. The van der Waals surface area contributed by atoms with Crippen LogP contribution in [0.4, 0.5) is 0 Å². The minimum absolute atomic E-state index is 0.00346. The molecular weight excluding hydrogens is 460 g/mol. The van der Waals surface area contributed by atoms with E-state index in [9.17, 15) is 14.7 Å². The Morgan fingerprint density at radius 2 is 1.83 bits per heavy atom. The van der Waals surface area contributed by atoms with E-state index in [2.05, 4.69) is 48.5 Å². The number of likely N-dealkylation sites (tertiary alicyclic amines) is 1. The van der Waals surface area contributed by atoms with Crippen LogP contribution in [-0.2, 0) is 9.59 Å². The van der Waals surface area contributed by atoms with Crippen LogP contribution in [0.1, 0.15) is 65.3 Å². The van der Waals surface area contributed by atoms with Gasteiger partial charge >= 0.3 is 0 Å². The molecule has 2 aromatic rings. The van der Waals surface area contributed by atoms with Crippen molar-refractivity contribution in [3.63, 3.8) is 0 Å². The quantitative estimate of drug-likeness (QED) is 0.511. The molecule has 0 aliphatic carbocycles. The van der Waals surface area contributed by atoms with Gasteiger partial charge in [0.05, 0.1) is 34.3 Å². The molecule has 192 valence electrons. The van der Waals surface area contributed by atoms with E-state index in [1.165, 1.54) is 0 Å². The van der Waals surface area contributed by atoms with Crippen LogP contribution in [-0.4, -0.2) is 58.1 Å². The molecule has 0 unspecified atom stereocenters. The molecule has 0 spiro atoms. The SMILES string of the molecule is Cc1ncsc1-c1ccc([C@H](C)NC(=O)[C@@H]2C[C@@H](O)CN2C[C@@H](NC(=O)C(C)C)C(C)(C)C)cc1. The zero-order valence-electron chi connectivity index (χ0n) is 22.0. The first-order valence-electron chi connectivity index (χ1n) is 12.4. The van der Waals surface area contributed by atoms with Crippen molar-refractivity contribution in [2.24, 2.45) is 11.3 Å². The van der Waals surface area contributed by atoms with Crippen LogP contribution in [0.3, 0.4) is 0 Å². The molecule has 1 saturated heterocycles. The number of amides is 2. The summed E-state index contributed by atoms with van der Waals surface area (Å²) in [7, 11) is 0. The normalized spacial score (nSPS) is 20.6. The smallest absolute Gasteiger partial charge is 0.237 e. The molecule has 35 heavy (non-hydrogen) atoms. The molecule has 0 bridgehead atoms. The maximum absolute atomic E-state index is 13.3. The minimum Gasteiger partial charge on any atom is -0.392 e. The lowest BCUT2D eigenvalue weighted by molar-refractivity contribution is -0.127. The fourth-order valence-corrected chi connectivity index (χ4v) is 5.17. The van der Waals surface area contributed by atoms with Gasteiger partial charge in [0.15, 0.2) is 0 Å². The summed E-state index contributed by atoms with van der Waals surface area (Å²) in [5.74, 6) is -0.217. The van der Waals surface area contributed by atoms with Gasteiger partial charge in [-0.3, -0.25) is 14.5 Å². The van der Waals surface area contributed by atoms with E-state index in [0.29, 0.717) is 19.5 Å². The van der Waals surface area contributed by atoms with Crippen LogP contribution in [0.15, 0.2) is 29.8 Å². The van der Waals surface area contributed by atoms with Crippen LogP contribution in [0.25, 0.3) is 10.4 Å². The molecule has 1 aliphatic heterocycles. The summed E-state index contributed by atoms with van der Waals surface area (Å²) in [6.07, 6.45) is -0.179. The van der Waals surface area contributed by atoms with Crippen LogP contribution in [0.2, 0.25) is 0 Å². The van der Waals surface area contributed by atoms with Gasteiger partial charge in [-0.1, -0.05) is 58.9 Å². The predicted molar refractivity (Wildman–Crippen MR) is 141 cm³/mol. The molecule has 4 atom stereocenters. The van der Waals surface area contributed by atoms with Crippen molar-refractivity contribution >= 4 is 23.2 Å². The number of hydrogen-bond donors (Lipinski definition) is 3. The molecule has 1 aromatic heterocycles. The maximum atomic E-state index is 13.3. The lowest BCUT2D eigenvalue weighted by Crippen LogP contribution is -2.54. The van der Waals surface area contributed by atoms with Gasteiger partial charge in [-0.25, -0.2) is 4.98 Å². The number of benzene rings is 1. The standard InChI is InChI=1S/C27H40N4O3S/c1-16(2)25(33)30-23(27(5,6)7)14-31-13-21(32)12-22(31)26(34)29-17(3)19-8-10-20(11-9-19)24-18(4)28-15-35-24/h8-11,15-17,21-23,32H,12-14H2,1-7H3,(H,29,34)(H,30,33)/t17-,21+,22-,23+/m0/s1. The van der Waals surface area contributed by atoms with E-state index in [0.717, 1.165) is 21.7 Å². The van der Waals surface area contributed by atoms with Gasteiger partial charge in [-0.05, 0) is 36.8 Å². The second-order valence-corrected chi connectivity index (χ2v) is 11.9. The number of β-amino-alcohol motifs (C(OH)–C–C–N with tert-alkyl or cyclic N) is 1. The molecule has 0 saturated carbocycles. The molecule has 8 heteroatoms. The second kappa shape index (κ2) is 11.2. The zero-order valence-corrected chi connectivity index (χ0v) is 22.8. The lowest BCUT2D eigenvalue weighted by Gasteiger charge is -2.37. The van der Waals surface area contributed by atoms with Crippen molar-refractivity contribution < 1.29 is 14.7 Å². The molecule has 2 heterocycles. The minimum atomic E-state index is -0.565. The topological polar surface area (TPSA) is 94.6 Å². The third-order valence-corrected chi connectivity index (χ3v) is 7.74. The van der Waals surface area contributed by atoms with E-state index >= 15 is 0 Å². The third-order valence-electron chi connectivity index (χ3n) is 6.76. The number of carbonyl (C=O) groups excluding carboxylic acids is 2. The Kier molecular flexibility index (Phi) is 8.72. The summed E-state index contributed by atoms with van der Waals surface area (Å²) in [5.41, 5.74) is 4.81. The summed E-state index contributed by atoms with van der Waals surface area (Å²) < 4.78 is 0. The number of rotatable bonds is 8. The van der Waals surface area contributed by atoms with Gasteiger partial charge in [0.1, 0.15) is 0 Å². The average molecular weight is 501 g/mol. The third kappa shape index (κ3) is 6.90. The van der Waals surface area contributed by atoms with Crippen LogP contribution in [0.5, 0.6) is 0 Å². The number of thiazole rings is 1. The molecule has 3 N–H and O–H groups in total. The fraction of sp³-hybridized carbons (Fsp3) is 0.593. The molecule has 1 fully saturated rings. The van der Waals surface area contributed by atoms with Crippen LogP contribution in [0, 0.1) is 18.3 Å². The van der Waals surface area contributed by atoms with E-state index < -0.39 is 12.1 Å². The molecular formula is C27H40N4O3S. The monoisotopic (exact) mass is 500 g/mol. The number of aliphatic hydroxyl groups excluding tert-OH is 1. The van der Waals surface area contributed by atoms with Crippen molar-refractivity contribution in [1.82, 2.24) is 20.5 Å². The first-order chi connectivity index (χ1) is 16.4. The number of carbonyl (C=O) groups is 2. The Hall–Kier alpha value is -2.29. The number of aromatic nitrogens is 1. The predicted octanol–water partition coefficient (Wildman–Crippen LogP) is 3.92. The van der Waals surface area contributed by atoms with Gasteiger partial charge in [0, 0.05) is 25.0 Å². The van der Waals surface area contributed by atoms with Crippen molar-refractivity contribution in [3.05, 3.63) is 41.0 Å². The zero-order chi connectivity index (χ0) is 25.9. The first kappa shape index (κ1) is 27.3. The summed E-state index contributed by atoms with van der Waals surface area (Å²) in [5, 5.41) is 16.7. The van der Waals surface area contributed by atoms with E-state index in [4.69, 9.17) is 0 Å². The summed E-state index contributed by atoms with van der Waals surface area (Å²) in [6.45, 7) is 14.9. The number of nitrogens with zero attached hydrogens (tertiary/aromatic N) is 2. The van der Waals surface area contributed by atoms with Crippen molar-refractivity contribution in [1.29, 1.82) is 0 Å². The molecule has 0 radical (unpaired) electrons. The summed E-state index contributed by atoms with van der Waals surface area (Å²) in [4.78, 5) is 33.2. The lowest BCUT2D eigenvalue weighted by atomic mass is 9.86. The Bertz CT molecular complexity index is 1010. The van der Waals surface area contributed by atoms with Crippen molar-refractivity contribution in [3.8, 4) is 10.4 Å². The molecule has 7 nitrogen and oxygen atoms in total. The van der Waals surface area contributed by atoms with E-state index in [1.54, 1.807) is 11.3 Å². The van der Waals surface area contributed by atoms with Crippen molar-refractivity contribution in [2.45, 2.75) is 79.1 Å². The highest BCUT2D eigenvalue weighted by atomic mass is 32.1. The average Bonchev–Trinajstić information content (AvgIpc) is 3.37. The Balaban J connectivity index is 1.67. The van der Waals surface area contributed by atoms with Crippen LogP contribution < -0.4 is 10.6 Å². The highest BCUT2D eigenvalue weighted by Gasteiger charge is 2.39. The highest BCUT2D eigenvalue weighted by Crippen LogP contribution is 2.29. The Morgan fingerprint density at radius 3 is 2.37 bits per heavy atom. The van der Waals surface area contributed by atoms with E-state index in [1.807, 2.05) is 50.2 Å². The summed E-state index contributed by atoms with van der Waals surface area (Å²) >= 11 is 1.62. The number of aliphatic hydroxyl groups is 1. The highest BCUT2D eigenvalue weighted by molar-refractivity contribution is 7.13. The molecule has 3 rings (SSSR count). The van der Waals surface area contributed by atoms with Gasteiger partial charge in [-0.2, -0.15) is 0 Å². The van der Waals surface area contributed by atoms with Gasteiger partial charge in [0.2, 0.25) is 11.8 Å². The molecule has 1 aliphatic rings. The van der Waals surface area contributed by atoms with Crippen molar-refractivity contribution in [2.75, 3.05) is 13.1 Å².